The summed E-state index contributed by atoms with van der Waals surface area (Å²) in [6.45, 7) is 2.30. The van der Waals surface area contributed by atoms with Crippen LogP contribution in [0.2, 0.25) is 0 Å². The molecule has 3 nitrogen and oxygen atoms in total. The summed E-state index contributed by atoms with van der Waals surface area (Å²) in [5.41, 5.74) is 0. The Balaban J connectivity index is 2.41. The Labute approximate surface area is 103 Å². The molecule has 0 saturated carbocycles. The van der Waals surface area contributed by atoms with Gasteiger partial charge in [0.05, 0.1) is 11.9 Å². The number of hydrogen-bond donors (Lipinski definition) is 1. The van der Waals surface area contributed by atoms with Crippen LogP contribution in [0.15, 0.2) is 42.5 Å². The van der Waals surface area contributed by atoms with Crippen LogP contribution in [0.3, 0.4) is 0 Å². The van der Waals surface area contributed by atoms with E-state index in [2.05, 4.69) is 6.92 Å². The Morgan fingerprint density at radius 2 is 2.00 bits per heavy atom. The van der Waals surface area contributed by atoms with E-state index in [0.717, 1.165) is 19.3 Å². The Hall–Kier alpha value is -0.890. The van der Waals surface area contributed by atoms with E-state index >= 15 is 0 Å². The first-order valence-corrected chi connectivity index (χ1v) is 7.42. The van der Waals surface area contributed by atoms with Crippen LogP contribution in [-0.4, -0.2) is 11.5 Å². The molecule has 17 heavy (non-hydrogen) atoms. The molecule has 1 N–H and O–H groups in total. The van der Waals surface area contributed by atoms with Crippen LogP contribution in [0.4, 0.5) is 0 Å². The van der Waals surface area contributed by atoms with Gasteiger partial charge in [0.25, 0.3) is 0 Å². The number of unbranched alkanes of at least 4 members (excludes halogenated alkanes) is 2. The van der Waals surface area contributed by atoms with Crippen LogP contribution in [0.5, 0.6) is 0 Å². The molecule has 0 radical (unpaired) electrons. The second-order valence-electron chi connectivity index (χ2n) is 3.77. The molecule has 94 valence electrons. The lowest BCUT2D eigenvalue weighted by Crippen LogP contribution is -2.06. The summed E-state index contributed by atoms with van der Waals surface area (Å²) in [5, 5.41) is 0.335. The highest BCUT2D eigenvalue weighted by atomic mass is 31.2. The van der Waals surface area contributed by atoms with Gasteiger partial charge in [0.15, 0.2) is 0 Å². The molecule has 0 bridgehead atoms. The van der Waals surface area contributed by atoms with Crippen molar-refractivity contribution in [3.8, 4) is 0 Å². The monoisotopic (exact) mass is 254 g/mol. The molecule has 1 atom stereocenters. The van der Waals surface area contributed by atoms with Crippen molar-refractivity contribution in [2.75, 3.05) is 6.61 Å². The molecule has 0 aromatic heterocycles. The molecule has 1 aromatic rings. The third-order valence-electron chi connectivity index (χ3n) is 2.32. The fourth-order valence-electron chi connectivity index (χ4n) is 1.34. The van der Waals surface area contributed by atoms with Gasteiger partial charge in [-0.1, -0.05) is 50.1 Å². The van der Waals surface area contributed by atoms with Crippen LogP contribution in [0.1, 0.15) is 26.2 Å². The quantitative estimate of drug-likeness (QED) is 0.461. The Bertz CT molecular complexity index is 387. The summed E-state index contributed by atoms with van der Waals surface area (Å²) in [5.74, 6) is 0. The third-order valence-corrected chi connectivity index (χ3v) is 3.77. The van der Waals surface area contributed by atoms with E-state index in [-0.39, 0.29) is 6.61 Å². The molecule has 0 saturated heterocycles. The second-order valence-corrected chi connectivity index (χ2v) is 5.58. The maximum atomic E-state index is 11.8. The predicted molar refractivity (Wildman–Crippen MR) is 70.5 cm³/mol. The lowest BCUT2D eigenvalue weighted by atomic mass is 10.2. The van der Waals surface area contributed by atoms with Gasteiger partial charge in [-0.25, -0.2) is 0 Å². The molecule has 0 spiro atoms. The molecule has 1 aromatic carbocycles. The Kier molecular flexibility index (Phi) is 6.20. The molecule has 4 heteroatoms. The van der Waals surface area contributed by atoms with Gasteiger partial charge < -0.3 is 9.42 Å². The van der Waals surface area contributed by atoms with E-state index in [1.807, 2.05) is 6.08 Å². The Morgan fingerprint density at radius 1 is 1.29 bits per heavy atom. The second kappa shape index (κ2) is 7.44. The smallest absolute Gasteiger partial charge is 0.321 e. The Morgan fingerprint density at radius 3 is 2.65 bits per heavy atom. The fourth-order valence-corrected chi connectivity index (χ4v) is 2.33. The van der Waals surface area contributed by atoms with Crippen molar-refractivity contribution in [3.63, 3.8) is 0 Å². The number of benzene rings is 1. The number of allylic oxidation sites excluding steroid dienone is 1. The fraction of sp³-hybridized carbons (Fsp3) is 0.385. The lowest BCUT2D eigenvalue weighted by molar-refractivity contribution is 0.298. The minimum atomic E-state index is -3.65. The minimum Gasteiger partial charge on any atom is -0.321 e. The van der Waals surface area contributed by atoms with Crippen LogP contribution >= 0.6 is 7.60 Å². The molecule has 0 aliphatic heterocycles. The maximum Gasteiger partial charge on any atom is 0.359 e. The summed E-state index contributed by atoms with van der Waals surface area (Å²) < 4.78 is 16.8. The highest BCUT2D eigenvalue weighted by molar-refractivity contribution is 7.61. The molecule has 0 heterocycles. The average Bonchev–Trinajstić information content (AvgIpc) is 2.35. The summed E-state index contributed by atoms with van der Waals surface area (Å²) in [7, 11) is -3.65. The van der Waals surface area contributed by atoms with Gasteiger partial charge in [0.1, 0.15) is 0 Å². The molecule has 1 unspecified atom stereocenters. The van der Waals surface area contributed by atoms with Gasteiger partial charge in [-0.15, -0.1) is 0 Å². The van der Waals surface area contributed by atoms with Crippen LogP contribution in [0, 0.1) is 0 Å². The van der Waals surface area contributed by atoms with E-state index in [0.29, 0.717) is 5.30 Å². The standard InChI is InChI=1S/C13H19O3P/c1-2-3-4-5-9-12-16-17(14,15)13-10-7-6-8-11-13/h5-11H,2-4,12H2,1H3,(H,14,15). The zero-order valence-electron chi connectivity index (χ0n) is 10.1. The van der Waals surface area contributed by atoms with Gasteiger partial charge in [0.2, 0.25) is 0 Å². The molecule has 0 aliphatic rings. The highest BCUT2D eigenvalue weighted by Crippen LogP contribution is 2.40. The van der Waals surface area contributed by atoms with Crippen LogP contribution in [0.25, 0.3) is 0 Å². The van der Waals surface area contributed by atoms with Gasteiger partial charge in [0, 0.05) is 0 Å². The van der Waals surface area contributed by atoms with Gasteiger partial charge in [-0.3, -0.25) is 4.57 Å². The van der Waals surface area contributed by atoms with Crippen molar-refractivity contribution < 1.29 is 14.0 Å². The summed E-state index contributed by atoms with van der Waals surface area (Å²) in [6.07, 6.45) is 7.04. The van der Waals surface area contributed by atoms with Crippen LogP contribution < -0.4 is 5.30 Å². The zero-order chi connectivity index (χ0) is 12.6. The number of hydrogen-bond acceptors (Lipinski definition) is 2. The van der Waals surface area contributed by atoms with E-state index in [9.17, 15) is 9.46 Å². The van der Waals surface area contributed by atoms with Crippen molar-refractivity contribution >= 4 is 12.9 Å². The first-order valence-electron chi connectivity index (χ1n) is 5.85. The predicted octanol–water partition coefficient (Wildman–Crippen LogP) is 3.26. The highest BCUT2D eigenvalue weighted by Gasteiger charge is 2.20. The van der Waals surface area contributed by atoms with Crippen molar-refractivity contribution in [2.24, 2.45) is 0 Å². The molecule has 1 rings (SSSR count). The van der Waals surface area contributed by atoms with E-state index < -0.39 is 7.60 Å². The topological polar surface area (TPSA) is 46.5 Å². The molecular weight excluding hydrogens is 235 g/mol. The van der Waals surface area contributed by atoms with Crippen molar-refractivity contribution in [3.05, 3.63) is 42.5 Å². The average molecular weight is 254 g/mol. The van der Waals surface area contributed by atoms with Crippen molar-refractivity contribution in [1.29, 1.82) is 0 Å². The largest absolute Gasteiger partial charge is 0.359 e. The zero-order valence-corrected chi connectivity index (χ0v) is 11.0. The SMILES string of the molecule is CCCCC=CCOP(=O)(O)c1ccccc1. The molecule has 0 amide bonds. The van der Waals surface area contributed by atoms with Gasteiger partial charge in [-0.2, -0.15) is 0 Å². The molecular formula is C13H19O3P. The minimum absolute atomic E-state index is 0.173. The van der Waals surface area contributed by atoms with Crippen LogP contribution in [-0.2, 0) is 9.09 Å². The number of rotatable bonds is 7. The summed E-state index contributed by atoms with van der Waals surface area (Å²) >= 11 is 0. The van der Waals surface area contributed by atoms with Gasteiger partial charge >= 0.3 is 7.60 Å². The molecule has 0 fully saturated rings. The third kappa shape index (κ3) is 5.31. The normalized spacial score (nSPS) is 14.9. The van der Waals surface area contributed by atoms with Crippen molar-refractivity contribution in [2.45, 2.75) is 26.2 Å². The lowest BCUT2D eigenvalue weighted by Gasteiger charge is -2.10. The van der Waals surface area contributed by atoms with E-state index in [1.54, 1.807) is 36.4 Å². The van der Waals surface area contributed by atoms with Gasteiger partial charge in [-0.05, 0) is 18.6 Å². The first kappa shape index (κ1) is 14.2. The summed E-state index contributed by atoms with van der Waals surface area (Å²) in [4.78, 5) is 9.69. The van der Waals surface area contributed by atoms with E-state index in [1.165, 1.54) is 0 Å². The van der Waals surface area contributed by atoms with Crippen molar-refractivity contribution in [1.82, 2.24) is 0 Å². The maximum absolute atomic E-state index is 11.8. The van der Waals surface area contributed by atoms with E-state index in [4.69, 9.17) is 4.52 Å². The summed E-state index contributed by atoms with van der Waals surface area (Å²) in [6, 6.07) is 8.44. The molecule has 0 aliphatic carbocycles. The first-order chi connectivity index (χ1) is 8.17.